The van der Waals surface area contributed by atoms with Gasteiger partial charge >= 0.3 is 0 Å². The topological polar surface area (TPSA) is 47.6 Å². The SMILES string of the molecule is CONC(=O)C(Cc1ccccc1)Cc1ccc(OC)cc1C(C)C. The first-order valence-electron chi connectivity index (χ1n) is 8.58. The number of hydrogen-bond donors (Lipinski definition) is 1. The molecule has 0 saturated carbocycles. The minimum Gasteiger partial charge on any atom is -0.497 e. The third-order valence-corrected chi connectivity index (χ3v) is 4.34. The zero-order valence-electron chi connectivity index (χ0n) is 15.4. The Hall–Kier alpha value is -2.33. The molecule has 0 fully saturated rings. The number of benzene rings is 2. The molecule has 0 heterocycles. The normalized spacial score (nSPS) is 12.0. The second-order valence-corrected chi connectivity index (χ2v) is 6.48. The molecular formula is C21H27NO3. The molecule has 1 N–H and O–H groups in total. The molecular weight excluding hydrogens is 314 g/mol. The molecule has 0 aliphatic heterocycles. The molecule has 1 unspecified atom stereocenters. The van der Waals surface area contributed by atoms with Gasteiger partial charge in [0.15, 0.2) is 0 Å². The van der Waals surface area contributed by atoms with Crippen LogP contribution in [0.1, 0.15) is 36.5 Å². The van der Waals surface area contributed by atoms with E-state index in [9.17, 15) is 4.79 Å². The van der Waals surface area contributed by atoms with Gasteiger partial charge in [-0.2, -0.15) is 0 Å². The predicted octanol–water partition coefficient (Wildman–Crippen LogP) is 3.90. The van der Waals surface area contributed by atoms with E-state index in [1.54, 1.807) is 7.11 Å². The molecule has 2 aromatic rings. The smallest absolute Gasteiger partial charge is 0.247 e. The van der Waals surface area contributed by atoms with E-state index >= 15 is 0 Å². The summed E-state index contributed by atoms with van der Waals surface area (Å²) in [6.45, 7) is 4.30. The summed E-state index contributed by atoms with van der Waals surface area (Å²) in [6.07, 6.45) is 1.32. The Balaban J connectivity index is 2.28. The Kier molecular flexibility index (Phi) is 7.02. The predicted molar refractivity (Wildman–Crippen MR) is 99.6 cm³/mol. The van der Waals surface area contributed by atoms with Gasteiger partial charge in [0.25, 0.3) is 0 Å². The number of methoxy groups -OCH3 is 1. The fourth-order valence-electron chi connectivity index (χ4n) is 3.03. The van der Waals surface area contributed by atoms with Gasteiger partial charge in [-0.1, -0.05) is 50.2 Å². The largest absolute Gasteiger partial charge is 0.497 e. The molecule has 0 aliphatic carbocycles. The summed E-state index contributed by atoms with van der Waals surface area (Å²) in [5, 5.41) is 0. The molecule has 0 aliphatic rings. The standard InChI is InChI=1S/C21H27NO3/c1-15(2)20-14-19(24-3)11-10-17(20)13-18(21(23)22-25-4)12-16-8-6-5-7-9-16/h5-11,14-15,18H,12-13H2,1-4H3,(H,22,23). The van der Waals surface area contributed by atoms with Gasteiger partial charge < -0.3 is 4.74 Å². The van der Waals surface area contributed by atoms with Crippen molar-refractivity contribution < 1.29 is 14.4 Å². The maximum atomic E-state index is 12.5. The van der Waals surface area contributed by atoms with Crippen LogP contribution in [-0.4, -0.2) is 20.1 Å². The highest BCUT2D eigenvalue weighted by Gasteiger charge is 2.22. The summed E-state index contributed by atoms with van der Waals surface area (Å²) in [5.41, 5.74) is 6.01. The van der Waals surface area contributed by atoms with E-state index in [-0.39, 0.29) is 11.8 Å². The molecule has 2 aromatic carbocycles. The molecule has 0 radical (unpaired) electrons. The Morgan fingerprint density at radius 2 is 1.76 bits per heavy atom. The van der Waals surface area contributed by atoms with Crippen molar-refractivity contribution >= 4 is 5.91 Å². The van der Waals surface area contributed by atoms with Crippen LogP contribution in [0.2, 0.25) is 0 Å². The van der Waals surface area contributed by atoms with Crippen molar-refractivity contribution in [1.29, 1.82) is 0 Å². The lowest BCUT2D eigenvalue weighted by atomic mass is 9.87. The Morgan fingerprint density at radius 3 is 2.36 bits per heavy atom. The lowest BCUT2D eigenvalue weighted by Gasteiger charge is -2.20. The molecule has 134 valence electrons. The highest BCUT2D eigenvalue weighted by molar-refractivity contribution is 5.78. The van der Waals surface area contributed by atoms with Gasteiger partial charge in [-0.05, 0) is 47.6 Å². The Bertz CT molecular complexity index is 683. The van der Waals surface area contributed by atoms with Crippen molar-refractivity contribution in [1.82, 2.24) is 5.48 Å². The van der Waals surface area contributed by atoms with Crippen LogP contribution >= 0.6 is 0 Å². The Morgan fingerprint density at radius 1 is 1.04 bits per heavy atom. The molecule has 4 nitrogen and oxygen atoms in total. The molecule has 1 atom stereocenters. The van der Waals surface area contributed by atoms with Crippen LogP contribution < -0.4 is 10.2 Å². The zero-order chi connectivity index (χ0) is 18.2. The van der Waals surface area contributed by atoms with Crippen LogP contribution in [0.5, 0.6) is 5.75 Å². The molecule has 2 rings (SSSR count). The number of hydrogen-bond acceptors (Lipinski definition) is 3. The quantitative estimate of drug-likeness (QED) is 0.741. The minimum atomic E-state index is -0.201. The molecule has 0 aromatic heterocycles. The number of nitrogens with one attached hydrogen (secondary N) is 1. The molecule has 0 saturated heterocycles. The summed E-state index contributed by atoms with van der Waals surface area (Å²) in [4.78, 5) is 17.4. The zero-order valence-corrected chi connectivity index (χ0v) is 15.4. The third kappa shape index (κ3) is 5.33. The molecule has 25 heavy (non-hydrogen) atoms. The summed E-state index contributed by atoms with van der Waals surface area (Å²) in [5.74, 6) is 0.895. The van der Waals surface area contributed by atoms with Gasteiger partial charge in [0.1, 0.15) is 5.75 Å². The monoisotopic (exact) mass is 341 g/mol. The van der Waals surface area contributed by atoms with E-state index in [2.05, 4.69) is 31.5 Å². The van der Waals surface area contributed by atoms with E-state index < -0.39 is 0 Å². The fraction of sp³-hybridized carbons (Fsp3) is 0.381. The molecule has 4 heteroatoms. The second kappa shape index (κ2) is 9.23. The van der Waals surface area contributed by atoms with Gasteiger partial charge in [0.05, 0.1) is 14.2 Å². The van der Waals surface area contributed by atoms with Gasteiger partial charge in [-0.25, -0.2) is 5.48 Å². The van der Waals surface area contributed by atoms with Gasteiger partial charge in [0, 0.05) is 5.92 Å². The minimum absolute atomic E-state index is 0.100. The number of ether oxygens (including phenoxy) is 1. The lowest BCUT2D eigenvalue weighted by Crippen LogP contribution is -2.32. The highest BCUT2D eigenvalue weighted by Crippen LogP contribution is 2.27. The van der Waals surface area contributed by atoms with E-state index in [0.29, 0.717) is 18.8 Å². The van der Waals surface area contributed by atoms with E-state index in [1.807, 2.05) is 36.4 Å². The average Bonchev–Trinajstić information content (AvgIpc) is 2.62. The van der Waals surface area contributed by atoms with Gasteiger partial charge in [-0.3, -0.25) is 9.63 Å². The first kappa shape index (κ1) is 19.0. The number of hydroxylamine groups is 1. The summed E-state index contributed by atoms with van der Waals surface area (Å²) < 4.78 is 5.35. The van der Waals surface area contributed by atoms with Crippen molar-refractivity contribution in [3.8, 4) is 5.75 Å². The summed E-state index contributed by atoms with van der Waals surface area (Å²) >= 11 is 0. The summed E-state index contributed by atoms with van der Waals surface area (Å²) in [7, 11) is 3.13. The van der Waals surface area contributed by atoms with Crippen molar-refractivity contribution in [2.45, 2.75) is 32.6 Å². The van der Waals surface area contributed by atoms with E-state index in [0.717, 1.165) is 11.3 Å². The van der Waals surface area contributed by atoms with Crippen molar-refractivity contribution in [3.63, 3.8) is 0 Å². The number of amides is 1. The van der Waals surface area contributed by atoms with Crippen molar-refractivity contribution in [2.24, 2.45) is 5.92 Å². The van der Waals surface area contributed by atoms with Crippen LogP contribution in [-0.2, 0) is 22.5 Å². The highest BCUT2D eigenvalue weighted by atomic mass is 16.6. The molecule has 0 bridgehead atoms. The maximum absolute atomic E-state index is 12.5. The first-order chi connectivity index (χ1) is 12.0. The number of carbonyl (C=O) groups is 1. The summed E-state index contributed by atoms with van der Waals surface area (Å²) in [6, 6.07) is 16.1. The van der Waals surface area contributed by atoms with Crippen LogP contribution in [0.3, 0.4) is 0 Å². The molecule has 1 amide bonds. The lowest BCUT2D eigenvalue weighted by molar-refractivity contribution is -0.135. The van der Waals surface area contributed by atoms with Gasteiger partial charge in [0.2, 0.25) is 5.91 Å². The Labute approximate surface area is 150 Å². The molecule has 0 spiro atoms. The maximum Gasteiger partial charge on any atom is 0.247 e. The van der Waals surface area contributed by atoms with Crippen molar-refractivity contribution in [2.75, 3.05) is 14.2 Å². The second-order valence-electron chi connectivity index (χ2n) is 6.48. The number of carbonyl (C=O) groups excluding carboxylic acids is 1. The van der Waals surface area contributed by atoms with Crippen LogP contribution in [0.4, 0.5) is 0 Å². The number of rotatable bonds is 8. The third-order valence-electron chi connectivity index (χ3n) is 4.34. The average molecular weight is 341 g/mol. The van der Waals surface area contributed by atoms with Crippen LogP contribution in [0.25, 0.3) is 0 Å². The van der Waals surface area contributed by atoms with Crippen LogP contribution in [0.15, 0.2) is 48.5 Å². The first-order valence-corrected chi connectivity index (χ1v) is 8.58. The van der Waals surface area contributed by atoms with E-state index in [4.69, 9.17) is 9.57 Å². The van der Waals surface area contributed by atoms with E-state index in [1.165, 1.54) is 18.2 Å². The fourth-order valence-corrected chi connectivity index (χ4v) is 3.03. The van der Waals surface area contributed by atoms with Crippen LogP contribution in [0, 0.1) is 5.92 Å². The van der Waals surface area contributed by atoms with Gasteiger partial charge in [-0.15, -0.1) is 0 Å². The van der Waals surface area contributed by atoms with Crippen molar-refractivity contribution in [3.05, 3.63) is 65.2 Å².